The molecule has 0 spiro atoms. The lowest BCUT2D eigenvalue weighted by molar-refractivity contribution is -0.111. The van der Waals surface area contributed by atoms with Gasteiger partial charge in [0.1, 0.15) is 10.4 Å². The van der Waals surface area contributed by atoms with E-state index in [2.05, 4.69) is 63.2 Å². The maximum Gasteiger partial charge on any atom is 0.247 e. The van der Waals surface area contributed by atoms with Crippen molar-refractivity contribution in [2.45, 2.75) is 12.5 Å². The number of thiophene rings is 1. The van der Waals surface area contributed by atoms with Gasteiger partial charge in [0.15, 0.2) is 0 Å². The van der Waals surface area contributed by atoms with E-state index >= 15 is 0 Å². The average Bonchev–Trinajstić information content (AvgIpc) is 3.55. The Morgan fingerprint density at radius 3 is 2.75 bits per heavy atom. The van der Waals surface area contributed by atoms with E-state index in [1.165, 1.54) is 29.5 Å². The lowest BCUT2D eigenvalue weighted by Crippen LogP contribution is -2.31. The highest BCUT2D eigenvalue weighted by atomic mass is 32.1. The highest BCUT2D eigenvalue weighted by molar-refractivity contribution is 7.17. The molecule has 3 heterocycles. The Hall–Kier alpha value is -3.95. The third-order valence-electron chi connectivity index (χ3n) is 6.16. The maximum absolute atomic E-state index is 11.6. The quantitative estimate of drug-likeness (QED) is 0.310. The second kappa shape index (κ2) is 10.3. The Morgan fingerprint density at radius 2 is 2.00 bits per heavy atom. The van der Waals surface area contributed by atoms with Crippen LogP contribution in [0.25, 0.3) is 10.2 Å². The van der Waals surface area contributed by atoms with Gasteiger partial charge in [0, 0.05) is 42.3 Å². The number of benzene rings is 2. The molecule has 1 aliphatic rings. The normalized spacial score (nSPS) is 15.3. The summed E-state index contributed by atoms with van der Waals surface area (Å²) in [7, 11) is 4.28. The first kappa shape index (κ1) is 23.8. The molecule has 8 nitrogen and oxygen atoms in total. The van der Waals surface area contributed by atoms with Gasteiger partial charge >= 0.3 is 0 Å². The number of hydrogen-bond donors (Lipinski definition) is 2. The molecule has 4 aromatic rings. The second-order valence-corrected chi connectivity index (χ2v) is 9.75. The molecule has 36 heavy (non-hydrogen) atoms. The zero-order valence-corrected chi connectivity index (χ0v) is 21.1. The van der Waals surface area contributed by atoms with E-state index in [1.54, 1.807) is 12.1 Å². The standard InChI is InChI=1S/C27H28N6O2S/c1-4-24(34)28-19-6-5-7-22(16-19)35-26-25-23(13-15-36-25)30-27(31-26)29-18-8-10-20(11-9-18)33-14-12-21(17-33)32(2)3/h4-11,13,15-16,21H,1,12,14,17H2,2-3H3,(H,28,34)(H,29,30,31). The molecular weight excluding hydrogens is 472 g/mol. The minimum absolute atomic E-state index is 0.283. The second-order valence-electron chi connectivity index (χ2n) is 8.83. The zero-order valence-electron chi connectivity index (χ0n) is 20.3. The van der Waals surface area contributed by atoms with Gasteiger partial charge in [0.05, 0.1) is 5.52 Å². The number of carbonyl (C=O) groups is 1. The SMILES string of the molecule is C=CC(=O)Nc1cccc(Oc2nc(Nc3ccc(N4CCC(N(C)C)C4)cc3)nc3ccsc23)c1. The van der Waals surface area contributed by atoms with Crippen LogP contribution in [0.1, 0.15) is 6.42 Å². The van der Waals surface area contributed by atoms with Gasteiger partial charge in [-0.05, 0) is 74.4 Å². The third-order valence-corrected chi connectivity index (χ3v) is 7.05. The van der Waals surface area contributed by atoms with Crippen LogP contribution in [0.5, 0.6) is 11.6 Å². The molecule has 2 aromatic carbocycles. The summed E-state index contributed by atoms with van der Waals surface area (Å²) in [6.07, 6.45) is 2.40. The first-order chi connectivity index (χ1) is 17.5. The topological polar surface area (TPSA) is 82.6 Å². The molecule has 184 valence electrons. The van der Waals surface area contributed by atoms with E-state index in [1.807, 2.05) is 35.7 Å². The summed E-state index contributed by atoms with van der Waals surface area (Å²) in [6.45, 7) is 5.58. The monoisotopic (exact) mass is 500 g/mol. The van der Waals surface area contributed by atoms with Crippen LogP contribution in [-0.2, 0) is 4.79 Å². The molecule has 9 heteroatoms. The fourth-order valence-electron chi connectivity index (χ4n) is 4.19. The van der Waals surface area contributed by atoms with Crippen LogP contribution in [0.2, 0.25) is 0 Å². The van der Waals surface area contributed by atoms with Crippen molar-refractivity contribution in [3.63, 3.8) is 0 Å². The van der Waals surface area contributed by atoms with Gasteiger partial charge in [0.2, 0.25) is 17.7 Å². The molecule has 0 aliphatic carbocycles. The number of ether oxygens (including phenoxy) is 1. The number of fused-ring (bicyclic) bond motifs is 1. The molecule has 2 N–H and O–H groups in total. The molecule has 0 bridgehead atoms. The van der Waals surface area contributed by atoms with Gasteiger partial charge in [-0.25, -0.2) is 4.98 Å². The number of rotatable bonds is 8. The predicted molar refractivity (Wildman–Crippen MR) is 147 cm³/mol. The van der Waals surface area contributed by atoms with Crippen molar-refractivity contribution in [2.24, 2.45) is 0 Å². The fraction of sp³-hybridized carbons (Fsp3) is 0.222. The number of hydrogen-bond acceptors (Lipinski definition) is 8. The van der Waals surface area contributed by atoms with Crippen molar-refractivity contribution in [2.75, 3.05) is 42.7 Å². The molecular formula is C27H28N6O2S. The molecule has 2 aromatic heterocycles. The Morgan fingerprint density at radius 1 is 1.17 bits per heavy atom. The Kier molecular flexibility index (Phi) is 6.84. The van der Waals surface area contributed by atoms with Gasteiger partial charge in [-0.3, -0.25) is 4.79 Å². The molecule has 0 radical (unpaired) electrons. The van der Waals surface area contributed by atoms with Crippen LogP contribution in [0.4, 0.5) is 23.0 Å². The molecule has 1 atom stereocenters. The number of likely N-dealkylation sites (N-methyl/N-ethyl adjacent to an activating group) is 1. The molecule has 0 saturated carbocycles. The van der Waals surface area contributed by atoms with Crippen LogP contribution < -0.4 is 20.3 Å². The Balaban J connectivity index is 1.33. The van der Waals surface area contributed by atoms with Crippen LogP contribution in [-0.4, -0.2) is 54.0 Å². The van der Waals surface area contributed by atoms with Crippen molar-refractivity contribution < 1.29 is 9.53 Å². The summed E-state index contributed by atoms with van der Waals surface area (Å²) < 4.78 is 6.98. The van der Waals surface area contributed by atoms with Crippen LogP contribution in [0.3, 0.4) is 0 Å². The van der Waals surface area contributed by atoms with Crippen molar-refractivity contribution >= 4 is 50.5 Å². The lowest BCUT2D eigenvalue weighted by atomic mass is 10.2. The average molecular weight is 501 g/mol. The predicted octanol–water partition coefficient (Wildman–Crippen LogP) is 5.49. The van der Waals surface area contributed by atoms with Crippen LogP contribution >= 0.6 is 11.3 Å². The number of aromatic nitrogens is 2. The molecule has 1 fully saturated rings. The van der Waals surface area contributed by atoms with Gasteiger partial charge in [-0.1, -0.05) is 12.6 Å². The summed E-state index contributed by atoms with van der Waals surface area (Å²) in [5.74, 6) is 1.18. The summed E-state index contributed by atoms with van der Waals surface area (Å²) in [6, 6.07) is 18.0. The van der Waals surface area contributed by atoms with Gasteiger partial charge < -0.3 is 25.2 Å². The summed E-state index contributed by atoms with van der Waals surface area (Å²) in [5, 5.41) is 8.01. The van der Waals surface area contributed by atoms with Crippen molar-refractivity contribution in [3.8, 4) is 11.6 Å². The van der Waals surface area contributed by atoms with Crippen LogP contribution in [0.15, 0.2) is 72.6 Å². The number of carbonyl (C=O) groups excluding carboxylic acids is 1. The van der Waals surface area contributed by atoms with Crippen LogP contribution in [0, 0.1) is 0 Å². The molecule has 1 saturated heterocycles. The third kappa shape index (κ3) is 5.32. The summed E-state index contributed by atoms with van der Waals surface area (Å²) >= 11 is 1.52. The first-order valence-corrected chi connectivity index (χ1v) is 12.6. The molecule has 1 aliphatic heterocycles. The van der Waals surface area contributed by atoms with E-state index < -0.39 is 0 Å². The van der Waals surface area contributed by atoms with Gasteiger partial charge in [0.25, 0.3) is 0 Å². The Labute approximate surface area is 214 Å². The van der Waals surface area contributed by atoms with E-state index in [0.29, 0.717) is 29.3 Å². The lowest BCUT2D eigenvalue weighted by Gasteiger charge is -2.22. The number of nitrogens with one attached hydrogen (secondary N) is 2. The molecule has 5 rings (SSSR count). The number of anilines is 4. The van der Waals surface area contributed by atoms with Gasteiger partial charge in [-0.15, -0.1) is 11.3 Å². The smallest absolute Gasteiger partial charge is 0.247 e. The maximum atomic E-state index is 11.6. The number of nitrogens with zero attached hydrogens (tertiary/aromatic N) is 4. The van der Waals surface area contributed by atoms with E-state index in [-0.39, 0.29) is 5.91 Å². The summed E-state index contributed by atoms with van der Waals surface area (Å²) in [5.41, 5.74) is 3.53. The largest absolute Gasteiger partial charge is 0.437 e. The summed E-state index contributed by atoms with van der Waals surface area (Å²) in [4.78, 5) is 25.7. The van der Waals surface area contributed by atoms with Gasteiger partial charge in [-0.2, -0.15) is 4.98 Å². The highest BCUT2D eigenvalue weighted by Crippen LogP contribution is 2.34. The minimum Gasteiger partial charge on any atom is -0.437 e. The number of amides is 1. The molecule has 1 unspecified atom stereocenters. The Bertz CT molecular complexity index is 1380. The van der Waals surface area contributed by atoms with E-state index in [9.17, 15) is 4.79 Å². The van der Waals surface area contributed by atoms with E-state index in [4.69, 9.17) is 4.74 Å². The first-order valence-electron chi connectivity index (χ1n) is 11.7. The van der Waals surface area contributed by atoms with Crippen molar-refractivity contribution in [1.82, 2.24) is 14.9 Å². The highest BCUT2D eigenvalue weighted by Gasteiger charge is 2.24. The van der Waals surface area contributed by atoms with Crippen molar-refractivity contribution in [3.05, 3.63) is 72.6 Å². The minimum atomic E-state index is -0.283. The van der Waals surface area contributed by atoms with E-state index in [0.717, 1.165) is 29.0 Å². The molecule has 1 amide bonds. The zero-order chi connectivity index (χ0) is 25.1. The van der Waals surface area contributed by atoms with Crippen molar-refractivity contribution in [1.29, 1.82) is 0 Å². The fourth-order valence-corrected chi connectivity index (χ4v) is 4.94.